The van der Waals surface area contributed by atoms with E-state index in [2.05, 4.69) is 31.5 Å². The van der Waals surface area contributed by atoms with E-state index in [0.29, 0.717) is 4.47 Å². The van der Waals surface area contributed by atoms with E-state index >= 15 is 0 Å². The molecule has 0 saturated carbocycles. The second kappa shape index (κ2) is 8.65. The highest BCUT2D eigenvalue weighted by Gasteiger charge is 2.12. The molecule has 0 saturated heterocycles. The summed E-state index contributed by atoms with van der Waals surface area (Å²) < 4.78 is 34.0. The third-order valence-electron chi connectivity index (χ3n) is 3.58. The third kappa shape index (κ3) is 5.26. The standard InChI is InChI=1S/C19H13BrF2N4O3/c20-10-1-3-13(21)16(7-10)26-19(28)25-15-4-2-11(8-14(15)22)29-12-5-6-24-17(9-12)18(23)27/h1-9H,(H2,23,27)(H2,25,26,28). The third-order valence-corrected chi connectivity index (χ3v) is 4.08. The maximum atomic E-state index is 14.3. The number of rotatable bonds is 5. The van der Waals surface area contributed by atoms with Crippen LogP contribution in [-0.2, 0) is 0 Å². The van der Waals surface area contributed by atoms with Crippen LogP contribution in [0.3, 0.4) is 0 Å². The number of carbonyl (C=O) groups is 2. The summed E-state index contributed by atoms with van der Waals surface area (Å²) in [5, 5.41) is 4.58. The number of ether oxygens (including phenoxy) is 1. The molecular formula is C19H13BrF2N4O3. The molecule has 1 heterocycles. The van der Waals surface area contributed by atoms with Crippen LogP contribution in [0.4, 0.5) is 25.0 Å². The number of urea groups is 1. The molecule has 0 atom stereocenters. The van der Waals surface area contributed by atoms with Gasteiger partial charge in [-0.3, -0.25) is 9.78 Å². The number of hydrogen-bond acceptors (Lipinski definition) is 4. The molecule has 3 aromatic rings. The normalized spacial score (nSPS) is 10.3. The predicted octanol–water partition coefficient (Wildman–Crippen LogP) is 4.66. The van der Waals surface area contributed by atoms with Crippen molar-refractivity contribution in [3.63, 3.8) is 0 Å². The van der Waals surface area contributed by atoms with E-state index in [0.717, 1.165) is 6.07 Å². The topological polar surface area (TPSA) is 106 Å². The highest BCUT2D eigenvalue weighted by Crippen LogP contribution is 2.26. The van der Waals surface area contributed by atoms with Gasteiger partial charge in [0, 0.05) is 22.8 Å². The second-order valence-electron chi connectivity index (χ2n) is 5.69. The molecule has 7 nitrogen and oxygen atoms in total. The van der Waals surface area contributed by atoms with Gasteiger partial charge in [0.25, 0.3) is 5.91 Å². The highest BCUT2D eigenvalue weighted by atomic mass is 79.9. The van der Waals surface area contributed by atoms with E-state index in [1.54, 1.807) is 0 Å². The van der Waals surface area contributed by atoms with Gasteiger partial charge in [-0.2, -0.15) is 0 Å². The molecule has 1 aromatic heterocycles. The Bertz CT molecular complexity index is 1090. The van der Waals surface area contributed by atoms with Crippen LogP contribution in [0.1, 0.15) is 10.5 Å². The average molecular weight is 463 g/mol. The minimum atomic E-state index is -0.824. The van der Waals surface area contributed by atoms with Crippen molar-refractivity contribution in [1.29, 1.82) is 0 Å². The molecule has 3 rings (SSSR count). The fourth-order valence-electron chi connectivity index (χ4n) is 2.28. The number of nitrogens with two attached hydrogens (primary N) is 1. The van der Waals surface area contributed by atoms with Crippen LogP contribution in [0, 0.1) is 11.6 Å². The highest BCUT2D eigenvalue weighted by molar-refractivity contribution is 9.10. The number of amides is 3. The number of anilines is 2. The van der Waals surface area contributed by atoms with Crippen molar-refractivity contribution in [3.05, 3.63) is 76.5 Å². The minimum Gasteiger partial charge on any atom is -0.457 e. The van der Waals surface area contributed by atoms with Crippen molar-refractivity contribution < 1.29 is 23.1 Å². The van der Waals surface area contributed by atoms with Crippen LogP contribution < -0.4 is 21.1 Å². The molecule has 148 valence electrons. The number of nitrogens with one attached hydrogen (secondary N) is 2. The predicted molar refractivity (Wildman–Crippen MR) is 106 cm³/mol. The Morgan fingerprint density at radius 1 is 0.931 bits per heavy atom. The summed E-state index contributed by atoms with van der Waals surface area (Å²) in [4.78, 5) is 26.9. The number of primary amides is 1. The molecule has 4 N–H and O–H groups in total. The lowest BCUT2D eigenvalue weighted by Crippen LogP contribution is -2.20. The van der Waals surface area contributed by atoms with E-state index < -0.39 is 23.6 Å². The number of benzene rings is 2. The summed E-state index contributed by atoms with van der Waals surface area (Å²) in [6.45, 7) is 0. The summed E-state index contributed by atoms with van der Waals surface area (Å²) in [7, 11) is 0. The van der Waals surface area contributed by atoms with Crippen LogP contribution in [-0.4, -0.2) is 16.9 Å². The van der Waals surface area contributed by atoms with E-state index in [1.807, 2.05) is 0 Å². The fourth-order valence-corrected chi connectivity index (χ4v) is 2.64. The number of aromatic nitrogens is 1. The zero-order valence-electron chi connectivity index (χ0n) is 14.6. The Morgan fingerprint density at radius 3 is 2.38 bits per heavy atom. The molecule has 0 unspecified atom stereocenters. The molecule has 0 aliphatic heterocycles. The van der Waals surface area contributed by atoms with Gasteiger partial charge in [0.15, 0.2) is 0 Å². The van der Waals surface area contributed by atoms with E-state index in [9.17, 15) is 18.4 Å². The molecule has 0 spiro atoms. The lowest BCUT2D eigenvalue weighted by molar-refractivity contribution is 0.0995. The molecule has 0 aliphatic rings. The SMILES string of the molecule is NC(=O)c1cc(Oc2ccc(NC(=O)Nc3cc(Br)ccc3F)c(F)c2)ccn1. The first kappa shape index (κ1) is 20.2. The van der Waals surface area contributed by atoms with Crippen molar-refractivity contribution in [1.82, 2.24) is 4.98 Å². The van der Waals surface area contributed by atoms with Gasteiger partial charge in [-0.25, -0.2) is 13.6 Å². The summed E-state index contributed by atoms with van der Waals surface area (Å²) >= 11 is 3.17. The van der Waals surface area contributed by atoms with Crippen molar-refractivity contribution >= 4 is 39.2 Å². The van der Waals surface area contributed by atoms with Gasteiger partial charge in [-0.15, -0.1) is 0 Å². The van der Waals surface area contributed by atoms with Crippen LogP contribution in [0.15, 0.2) is 59.2 Å². The number of halogens is 3. The summed E-state index contributed by atoms with van der Waals surface area (Å²) in [6, 6.07) is 9.70. The van der Waals surface area contributed by atoms with Gasteiger partial charge in [-0.1, -0.05) is 15.9 Å². The van der Waals surface area contributed by atoms with Crippen molar-refractivity contribution in [2.24, 2.45) is 5.73 Å². The Balaban J connectivity index is 1.69. The van der Waals surface area contributed by atoms with Crippen LogP contribution in [0.5, 0.6) is 11.5 Å². The first-order chi connectivity index (χ1) is 13.8. The molecule has 10 heteroatoms. The lowest BCUT2D eigenvalue weighted by atomic mass is 10.2. The smallest absolute Gasteiger partial charge is 0.323 e. The first-order valence-corrected chi connectivity index (χ1v) is 8.87. The zero-order valence-corrected chi connectivity index (χ0v) is 16.2. The lowest BCUT2D eigenvalue weighted by Gasteiger charge is -2.11. The Morgan fingerprint density at radius 2 is 1.66 bits per heavy atom. The molecule has 0 fully saturated rings. The zero-order chi connectivity index (χ0) is 21.0. The van der Waals surface area contributed by atoms with Crippen molar-refractivity contribution in [2.45, 2.75) is 0 Å². The number of hydrogen-bond donors (Lipinski definition) is 3. The van der Waals surface area contributed by atoms with Gasteiger partial charge in [0.2, 0.25) is 0 Å². The molecule has 0 bridgehead atoms. The largest absolute Gasteiger partial charge is 0.457 e. The summed E-state index contributed by atoms with van der Waals surface area (Å²) in [5.74, 6) is -1.80. The molecule has 2 aromatic carbocycles. The summed E-state index contributed by atoms with van der Waals surface area (Å²) in [6.07, 6.45) is 1.33. The Hall–Kier alpha value is -3.53. The average Bonchev–Trinajstić information content (AvgIpc) is 2.67. The van der Waals surface area contributed by atoms with E-state index in [1.165, 1.54) is 48.7 Å². The molecule has 0 radical (unpaired) electrons. The van der Waals surface area contributed by atoms with Crippen LogP contribution in [0.2, 0.25) is 0 Å². The Kier molecular flexibility index (Phi) is 6.03. The van der Waals surface area contributed by atoms with Gasteiger partial charge in [-0.05, 0) is 36.4 Å². The number of carbonyl (C=O) groups excluding carboxylic acids is 2. The quantitative estimate of drug-likeness (QED) is 0.512. The molecule has 0 aliphatic carbocycles. The van der Waals surface area contributed by atoms with Gasteiger partial charge in [0.1, 0.15) is 28.8 Å². The van der Waals surface area contributed by atoms with E-state index in [4.69, 9.17) is 10.5 Å². The van der Waals surface area contributed by atoms with Crippen LogP contribution in [0.25, 0.3) is 0 Å². The Labute approximate surface area is 172 Å². The fraction of sp³-hybridized carbons (Fsp3) is 0. The van der Waals surface area contributed by atoms with Gasteiger partial charge < -0.3 is 21.1 Å². The first-order valence-electron chi connectivity index (χ1n) is 8.08. The number of nitrogens with zero attached hydrogens (tertiary/aromatic N) is 1. The van der Waals surface area contributed by atoms with Crippen LogP contribution >= 0.6 is 15.9 Å². The van der Waals surface area contributed by atoms with Crippen molar-refractivity contribution in [3.8, 4) is 11.5 Å². The van der Waals surface area contributed by atoms with E-state index in [-0.39, 0.29) is 28.6 Å². The monoisotopic (exact) mass is 462 g/mol. The van der Waals surface area contributed by atoms with Gasteiger partial charge >= 0.3 is 6.03 Å². The molecule has 29 heavy (non-hydrogen) atoms. The van der Waals surface area contributed by atoms with Gasteiger partial charge in [0.05, 0.1) is 11.4 Å². The molecule has 3 amide bonds. The molecular weight excluding hydrogens is 450 g/mol. The van der Waals surface area contributed by atoms with Crippen molar-refractivity contribution in [2.75, 3.05) is 10.6 Å². The second-order valence-corrected chi connectivity index (χ2v) is 6.60. The number of pyridine rings is 1. The minimum absolute atomic E-state index is 0.00212. The summed E-state index contributed by atoms with van der Waals surface area (Å²) in [5.41, 5.74) is 4.94. The maximum Gasteiger partial charge on any atom is 0.323 e. The maximum absolute atomic E-state index is 14.3.